The summed E-state index contributed by atoms with van der Waals surface area (Å²) in [5.41, 5.74) is 5.83. The highest BCUT2D eigenvalue weighted by molar-refractivity contribution is 4.58. The summed E-state index contributed by atoms with van der Waals surface area (Å²) in [5.74, 6) is 0. The van der Waals surface area contributed by atoms with E-state index in [9.17, 15) is 0 Å². The van der Waals surface area contributed by atoms with Gasteiger partial charge in [0.25, 0.3) is 0 Å². The first-order chi connectivity index (χ1) is 6.81. The monoisotopic (exact) mass is 201 g/mol. The number of nitrogens with two attached hydrogens (primary N) is 1. The topological polar surface area (TPSA) is 46.2 Å². The Kier molecular flexibility index (Phi) is 10.9. The Morgan fingerprint density at radius 1 is 0.929 bits per heavy atom. The zero-order valence-corrected chi connectivity index (χ0v) is 9.67. The second kappa shape index (κ2) is 11.0. The lowest BCUT2D eigenvalue weighted by molar-refractivity contribution is 0.282. The summed E-state index contributed by atoms with van der Waals surface area (Å²) in [5, 5.41) is 8.58. The van der Waals surface area contributed by atoms with Gasteiger partial charge in [0.2, 0.25) is 0 Å². The first-order valence-electron chi connectivity index (χ1n) is 6.17. The van der Waals surface area contributed by atoms with Crippen LogP contribution in [0.4, 0.5) is 0 Å². The van der Waals surface area contributed by atoms with E-state index in [1.54, 1.807) is 0 Å². The molecule has 0 aliphatic carbocycles. The number of unbranched alkanes of at least 4 members (excludes halogenated alkanes) is 6. The van der Waals surface area contributed by atoms with Crippen molar-refractivity contribution >= 4 is 0 Å². The van der Waals surface area contributed by atoms with Crippen LogP contribution in [0.5, 0.6) is 0 Å². The van der Waals surface area contributed by atoms with E-state index in [-0.39, 0.29) is 0 Å². The summed E-state index contributed by atoms with van der Waals surface area (Å²) < 4.78 is 0. The Bertz CT molecular complexity index is 106. The van der Waals surface area contributed by atoms with Gasteiger partial charge in [0.05, 0.1) is 0 Å². The second-order valence-electron chi connectivity index (χ2n) is 4.16. The quantitative estimate of drug-likeness (QED) is 0.534. The third-order valence-corrected chi connectivity index (χ3v) is 2.76. The molecule has 0 aromatic heterocycles. The van der Waals surface area contributed by atoms with Crippen LogP contribution < -0.4 is 5.73 Å². The predicted molar refractivity (Wildman–Crippen MR) is 62.3 cm³/mol. The van der Waals surface area contributed by atoms with Crippen LogP contribution in [-0.2, 0) is 0 Å². The van der Waals surface area contributed by atoms with Gasteiger partial charge < -0.3 is 10.8 Å². The maximum absolute atomic E-state index is 8.58. The summed E-state index contributed by atoms with van der Waals surface area (Å²) in [7, 11) is 0. The van der Waals surface area contributed by atoms with Crippen LogP contribution in [0.1, 0.15) is 64.7 Å². The predicted octanol–water partition coefficient (Wildman–Crippen LogP) is 2.84. The lowest BCUT2D eigenvalue weighted by atomic mass is 10.0. The maximum Gasteiger partial charge on any atom is 0.0431 e. The Morgan fingerprint density at radius 3 is 1.93 bits per heavy atom. The molecule has 0 aliphatic rings. The fourth-order valence-electron chi connectivity index (χ4n) is 1.61. The van der Waals surface area contributed by atoms with Crippen molar-refractivity contribution < 1.29 is 5.11 Å². The minimum absolute atomic E-state index is 0.353. The fourth-order valence-corrected chi connectivity index (χ4v) is 1.61. The lowest BCUT2D eigenvalue weighted by Gasteiger charge is -2.07. The van der Waals surface area contributed by atoms with E-state index >= 15 is 0 Å². The first-order valence-corrected chi connectivity index (χ1v) is 6.17. The number of aliphatic hydroxyl groups excluding tert-OH is 1. The third-order valence-electron chi connectivity index (χ3n) is 2.76. The molecule has 0 aromatic carbocycles. The van der Waals surface area contributed by atoms with Crippen molar-refractivity contribution in [2.24, 2.45) is 5.73 Å². The molecule has 0 radical (unpaired) electrons. The zero-order valence-electron chi connectivity index (χ0n) is 9.67. The highest BCUT2D eigenvalue weighted by atomic mass is 16.2. The van der Waals surface area contributed by atoms with Crippen LogP contribution >= 0.6 is 0 Å². The molecule has 86 valence electrons. The van der Waals surface area contributed by atoms with Crippen LogP contribution in [-0.4, -0.2) is 17.8 Å². The van der Waals surface area contributed by atoms with Gasteiger partial charge in [0, 0.05) is 12.6 Å². The van der Waals surface area contributed by atoms with E-state index in [2.05, 4.69) is 6.92 Å². The van der Waals surface area contributed by atoms with Gasteiger partial charge in [-0.05, 0) is 19.3 Å². The molecule has 0 saturated carbocycles. The number of aliphatic hydroxyl groups is 1. The van der Waals surface area contributed by atoms with Crippen LogP contribution in [0.2, 0.25) is 0 Å². The molecule has 14 heavy (non-hydrogen) atoms. The van der Waals surface area contributed by atoms with Gasteiger partial charge in [0.15, 0.2) is 0 Å². The molecule has 0 bridgehead atoms. The van der Waals surface area contributed by atoms with Crippen LogP contribution in [0.25, 0.3) is 0 Å². The van der Waals surface area contributed by atoms with E-state index in [0.717, 1.165) is 12.8 Å². The minimum Gasteiger partial charge on any atom is -0.396 e. The standard InChI is InChI=1S/C12H27NO/c1-2-12(13)10-8-6-4-3-5-7-9-11-14/h12,14H,2-11,13H2,1H3. The molecule has 2 heteroatoms. The van der Waals surface area contributed by atoms with Crippen molar-refractivity contribution in [3.05, 3.63) is 0 Å². The molecule has 2 nitrogen and oxygen atoms in total. The highest BCUT2D eigenvalue weighted by Gasteiger charge is 1.97. The van der Waals surface area contributed by atoms with Crippen molar-refractivity contribution in [3.63, 3.8) is 0 Å². The molecule has 0 heterocycles. The van der Waals surface area contributed by atoms with Crippen molar-refractivity contribution in [1.82, 2.24) is 0 Å². The molecule has 1 unspecified atom stereocenters. The maximum atomic E-state index is 8.58. The van der Waals surface area contributed by atoms with Crippen LogP contribution in [0.15, 0.2) is 0 Å². The van der Waals surface area contributed by atoms with E-state index < -0.39 is 0 Å². The molecular formula is C12H27NO. The van der Waals surface area contributed by atoms with Crippen molar-refractivity contribution in [2.75, 3.05) is 6.61 Å². The Labute approximate surface area is 88.9 Å². The van der Waals surface area contributed by atoms with E-state index in [1.165, 1.54) is 44.9 Å². The molecule has 0 aliphatic heterocycles. The SMILES string of the molecule is CCC(N)CCCCCCCCCO. The molecule has 0 spiro atoms. The van der Waals surface area contributed by atoms with E-state index in [4.69, 9.17) is 10.8 Å². The van der Waals surface area contributed by atoms with E-state index in [0.29, 0.717) is 12.6 Å². The van der Waals surface area contributed by atoms with Crippen molar-refractivity contribution in [3.8, 4) is 0 Å². The largest absolute Gasteiger partial charge is 0.396 e. The van der Waals surface area contributed by atoms with Crippen LogP contribution in [0.3, 0.4) is 0 Å². The van der Waals surface area contributed by atoms with Crippen molar-refractivity contribution in [1.29, 1.82) is 0 Å². The molecule has 1 atom stereocenters. The minimum atomic E-state index is 0.353. The average molecular weight is 201 g/mol. The molecule has 0 rings (SSSR count). The molecule has 0 fully saturated rings. The smallest absolute Gasteiger partial charge is 0.0431 e. The molecule has 0 saturated heterocycles. The number of hydrogen-bond donors (Lipinski definition) is 2. The highest BCUT2D eigenvalue weighted by Crippen LogP contribution is 2.09. The first kappa shape index (κ1) is 13.9. The number of hydrogen-bond acceptors (Lipinski definition) is 2. The summed E-state index contributed by atoms with van der Waals surface area (Å²) in [4.78, 5) is 0. The average Bonchev–Trinajstić information content (AvgIpc) is 2.21. The van der Waals surface area contributed by atoms with Gasteiger partial charge >= 0.3 is 0 Å². The fraction of sp³-hybridized carbons (Fsp3) is 1.00. The second-order valence-corrected chi connectivity index (χ2v) is 4.16. The summed E-state index contributed by atoms with van der Waals surface area (Å²) in [6, 6.07) is 0.421. The Hall–Kier alpha value is -0.0800. The van der Waals surface area contributed by atoms with Gasteiger partial charge in [-0.25, -0.2) is 0 Å². The molecule has 3 N–H and O–H groups in total. The van der Waals surface area contributed by atoms with Gasteiger partial charge in [-0.2, -0.15) is 0 Å². The third kappa shape index (κ3) is 10.0. The molecule has 0 amide bonds. The van der Waals surface area contributed by atoms with E-state index in [1.807, 2.05) is 0 Å². The van der Waals surface area contributed by atoms with Gasteiger partial charge in [-0.3, -0.25) is 0 Å². The molecule has 0 aromatic rings. The normalized spacial score (nSPS) is 13.1. The molecular weight excluding hydrogens is 174 g/mol. The Balaban J connectivity index is 2.92. The van der Waals surface area contributed by atoms with Gasteiger partial charge in [0.1, 0.15) is 0 Å². The number of rotatable bonds is 10. The summed E-state index contributed by atoms with van der Waals surface area (Å²) in [6.45, 7) is 2.50. The van der Waals surface area contributed by atoms with Gasteiger partial charge in [-0.15, -0.1) is 0 Å². The van der Waals surface area contributed by atoms with Crippen molar-refractivity contribution in [2.45, 2.75) is 70.8 Å². The summed E-state index contributed by atoms with van der Waals surface area (Å²) in [6.07, 6.45) is 11.0. The Morgan fingerprint density at radius 2 is 1.43 bits per heavy atom. The van der Waals surface area contributed by atoms with Gasteiger partial charge in [-0.1, -0.05) is 45.4 Å². The summed E-state index contributed by atoms with van der Waals surface area (Å²) >= 11 is 0. The zero-order chi connectivity index (χ0) is 10.6. The van der Waals surface area contributed by atoms with Crippen LogP contribution in [0, 0.1) is 0 Å². The lowest BCUT2D eigenvalue weighted by Crippen LogP contribution is -2.17.